The molecule has 3 heterocycles. The zero-order valence-electron chi connectivity index (χ0n) is 22.2. The first-order chi connectivity index (χ1) is 19.2. The molecule has 1 saturated heterocycles. The fraction of sp³-hybridized carbons (Fsp3) is 0.357. The minimum atomic E-state index is -1.59. The van der Waals surface area contributed by atoms with Gasteiger partial charge in [-0.1, -0.05) is 23.7 Å². The molecule has 2 aromatic carbocycles. The molecule has 0 bridgehead atoms. The van der Waals surface area contributed by atoms with E-state index in [2.05, 4.69) is 10.1 Å². The molecular weight excluding hydrogens is 544 g/mol. The van der Waals surface area contributed by atoms with Crippen LogP contribution in [0.3, 0.4) is 0 Å². The lowest BCUT2D eigenvalue weighted by atomic mass is 9.98. The zero-order valence-corrected chi connectivity index (χ0v) is 23.0. The van der Waals surface area contributed by atoms with Crippen molar-refractivity contribution in [2.24, 2.45) is 7.05 Å². The highest BCUT2D eigenvalue weighted by Crippen LogP contribution is 2.36. The lowest BCUT2D eigenvalue weighted by molar-refractivity contribution is -0.150. The van der Waals surface area contributed by atoms with Gasteiger partial charge in [0.05, 0.1) is 24.3 Å². The number of carbonyl (C=O) groups excluding carboxylic acids is 1. The van der Waals surface area contributed by atoms with E-state index in [1.807, 2.05) is 32.2 Å². The number of halogens is 3. The summed E-state index contributed by atoms with van der Waals surface area (Å²) in [6.07, 6.45) is -0.106. The van der Waals surface area contributed by atoms with Crippen LogP contribution in [0.1, 0.15) is 29.8 Å². The number of para-hydroxylation sites is 1. The first kappa shape index (κ1) is 27.9. The van der Waals surface area contributed by atoms with E-state index < -0.39 is 30.7 Å². The van der Waals surface area contributed by atoms with Crippen LogP contribution in [-0.2, 0) is 27.9 Å². The molecule has 1 aliphatic rings. The standard InChI is InChI=1S/C28H28ClF2N5O4/c1-16-9-21(28-32-15-33-35(28)3)19-5-4-6-25(27(19)34-16)40-12-22-20(10-18(31)11-23(22)29)24-13-38-8-7-36(24)26(37)14-39-17(2)30/h4-6,9-11,15,17,24H,7-8,12-14H2,1-3H3/t17?,24-/m0/s1. The van der Waals surface area contributed by atoms with Crippen molar-refractivity contribution in [2.45, 2.75) is 32.9 Å². The fourth-order valence-electron chi connectivity index (χ4n) is 4.84. The second kappa shape index (κ2) is 11.8. The van der Waals surface area contributed by atoms with Crippen LogP contribution >= 0.6 is 11.6 Å². The summed E-state index contributed by atoms with van der Waals surface area (Å²) >= 11 is 6.53. The van der Waals surface area contributed by atoms with Crippen LogP contribution in [0.25, 0.3) is 22.3 Å². The topological polar surface area (TPSA) is 91.6 Å². The molecule has 9 nitrogen and oxygen atoms in total. The fourth-order valence-corrected chi connectivity index (χ4v) is 5.11. The highest BCUT2D eigenvalue weighted by molar-refractivity contribution is 6.31. The van der Waals surface area contributed by atoms with Gasteiger partial charge in [0.1, 0.15) is 36.6 Å². The molecule has 4 aromatic rings. The number of amides is 1. The third kappa shape index (κ3) is 5.77. The summed E-state index contributed by atoms with van der Waals surface area (Å²) < 4.78 is 46.3. The zero-order chi connectivity index (χ0) is 28.4. The average molecular weight is 572 g/mol. The SMILES string of the molecule is Cc1cc(-c2ncnn2C)c2cccc(OCc3c(Cl)cc(F)cc3[C@@H]3COCCN3C(=O)COC(C)F)c2n1. The molecule has 0 N–H and O–H groups in total. The first-order valence-corrected chi connectivity index (χ1v) is 13.1. The predicted molar refractivity (Wildman–Crippen MR) is 144 cm³/mol. The maximum Gasteiger partial charge on any atom is 0.249 e. The molecule has 1 fully saturated rings. The van der Waals surface area contributed by atoms with Gasteiger partial charge in [-0.25, -0.2) is 23.4 Å². The summed E-state index contributed by atoms with van der Waals surface area (Å²) in [7, 11) is 1.82. The molecule has 1 unspecified atom stereocenters. The van der Waals surface area contributed by atoms with Crippen molar-refractivity contribution >= 4 is 28.4 Å². The molecule has 1 aliphatic heterocycles. The molecule has 5 rings (SSSR count). The molecule has 12 heteroatoms. The minimum Gasteiger partial charge on any atom is -0.487 e. The van der Waals surface area contributed by atoms with E-state index in [0.29, 0.717) is 28.2 Å². The smallest absolute Gasteiger partial charge is 0.249 e. The van der Waals surface area contributed by atoms with Crippen molar-refractivity contribution in [2.75, 3.05) is 26.4 Å². The quantitative estimate of drug-likeness (QED) is 0.296. The van der Waals surface area contributed by atoms with Crippen molar-refractivity contribution in [3.63, 3.8) is 0 Å². The van der Waals surface area contributed by atoms with Crippen LogP contribution in [-0.4, -0.2) is 63.3 Å². The Morgan fingerprint density at radius 1 is 1.30 bits per heavy atom. The van der Waals surface area contributed by atoms with E-state index in [-0.39, 0.29) is 31.4 Å². The summed E-state index contributed by atoms with van der Waals surface area (Å²) in [6, 6.07) is 9.36. The van der Waals surface area contributed by atoms with Crippen LogP contribution in [0.5, 0.6) is 5.75 Å². The molecule has 210 valence electrons. The number of hydrogen-bond acceptors (Lipinski definition) is 7. The van der Waals surface area contributed by atoms with Crippen LogP contribution in [0.15, 0.2) is 42.7 Å². The van der Waals surface area contributed by atoms with E-state index in [1.54, 1.807) is 10.7 Å². The Labute approximate surface area is 234 Å². The third-order valence-electron chi connectivity index (χ3n) is 6.69. The lowest BCUT2D eigenvalue weighted by Crippen LogP contribution is -2.45. The highest BCUT2D eigenvalue weighted by Gasteiger charge is 2.32. The normalized spacial score (nSPS) is 16.4. The Morgan fingerprint density at radius 2 is 2.12 bits per heavy atom. The highest BCUT2D eigenvalue weighted by atomic mass is 35.5. The largest absolute Gasteiger partial charge is 0.487 e. The first-order valence-electron chi connectivity index (χ1n) is 12.7. The Kier molecular flexibility index (Phi) is 8.24. The number of aryl methyl sites for hydroxylation is 2. The number of rotatable bonds is 8. The van der Waals surface area contributed by atoms with Gasteiger partial charge in [0, 0.05) is 35.8 Å². The number of fused-ring (bicyclic) bond motifs is 1. The van der Waals surface area contributed by atoms with E-state index in [0.717, 1.165) is 16.6 Å². The van der Waals surface area contributed by atoms with Gasteiger partial charge in [-0.05, 0) is 43.7 Å². The molecule has 0 spiro atoms. The van der Waals surface area contributed by atoms with Gasteiger partial charge in [-0.2, -0.15) is 5.10 Å². The van der Waals surface area contributed by atoms with Crippen LogP contribution in [0.2, 0.25) is 5.02 Å². The summed E-state index contributed by atoms with van der Waals surface area (Å²) in [5, 5.41) is 5.15. The summed E-state index contributed by atoms with van der Waals surface area (Å²) in [5.74, 6) is 0.181. The summed E-state index contributed by atoms with van der Waals surface area (Å²) in [4.78, 5) is 23.5. The molecule has 2 atom stereocenters. The van der Waals surface area contributed by atoms with Gasteiger partial charge in [0.2, 0.25) is 5.91 Å². The molecule has 0 aliphatic carbocycles. The molecule has 0 saturated carbocycles. The Morgan fingerprint density at radius 3 is 2.88 bits per heavy atom. The number of hydrogen-bond donors (Lipinski definition) is 0. The van der Waals surface area contributed by atoms with Crippen molar-refractivity contribution < 1.29 is 27.8 Å². The third-order valence-corrected chi connectivity index (χ3v) is 7.03. The van der Waals surface area contributed by atoms with E-state index in [9.17, 15) is 13.6 Å². The van der Waals surface area contributed by atoms with Crippen LogP contribution < -0.4 is 4.74 Å². The van der Waals surface area contributed by atoms with Crippen molar-refractivity contribution in [1.82, 2.24) is 24.6 Å². The van der Waals surface area contributed by atoms with Crippen molar-refractivity contribution in [3.8, 4) is 17.1 Å². The maximum atomic E-state index is 14.6. The second-order valence-corrected chi connectivity index (χ2v) is 9.85. The van der Waals surface area contributed by atoms with E-state index in [4.69, 9.17) is 30.8 Å². The van der Waals surface area contributed by atoms with Gasteiger partial charge in [0.25, 0.3) is 0 Å². The van der Waals surface area contributed by atoms with Gasteiger partial charge in [0.15, 0.2) is 12.2 Å². The van der Waals surface area contributed by atoms with Gasteiger partial charge in [-0.15, -0.1) is 0 Å². The molecular formula is C28H28ClF2N5O4. The monoisotopic (exact) mass is 571 g/mol. The molecule has 0 radical (unpaired) electrons. The number of aromatic nitrogens is 4. The number of nitrogens with zero attached hydrogens (tertiary/aromatic N) is 5. The van der Waals surface area contributed by atoms with Gasteiger partial charge in [-0.3, -0.25) is 4.79 Å². The Bertz CT molecular complexity index is 1550. The Hall–Kier alpha value is -3.67. The number of carbonyl (C=O) groups is 1. The van der Waals surface area contributed by atoms with Gasteiger partial charge >= 0.3 is 0 Å². The van der Waals surface area contributed by atoms with E-state index >= 15 is 0 Å². The lowest BCUT2D eigenvalue weighted by Gasteiger charge is -2.37. The number of morpholine rings is 1. The summed E-state index contributed by atoms with van der Waals surface area (Å²) in [5.41, 5.74) is 3.17. The van der Waals surface area contributed by atoms with Crippen molar-refractivity contribution in [1.29, 1.82) is 0 Å². The second-order valence-electron chi connectivity index (χ2n) is 9.45. The molecule has 40 heavy (non-hydrogen) atoms. The number of alkyl halides is 1. The van der Waals surface area contributed by atoms with E-state index in [1.165, 1.54) is 30.3 Å². The minimum absolute atomic E-state index is 0.0287. The van der Waals surface area contributed by atoms with Crippen LogP contribution in [0, 0.1) is 12.7 Å². The maximum absolute atomic E-state index is 14.6. The Balaban J connectivity index is 1.49. The van der Waals surface area contributed by atoms with Crippen molar-refractivity contribution in [3.05, 3.63) is 70.4 Å². The number of pyridine rings is 1. The molecule has 1 amide bonds. The average Bonchev–Trinajstić information content (AvgIpc) is 3.36. The van der Waals surface area contributed by atoms with Crippen LogP contribution in [0.4, 0.5) is 8.78 Å². The summed E-state index contributed by atoms with van der Waals surface area (Å²) in [6.45, 7) is 3.24. The predicted octanol–water partition coefficient (Wildman–Crippen LogP) is 4.94. The number of benzene rings is 2. The molecule has 2 aromatic heterocycles. The van der Waals surface area contributed by atoms with Gasteiger partial charge < -0.3 is 19.1 Å². The number of ether oxygens (including phenoxy) is 3.